The van der Waals surface area contributed by atoms with Crippen molar-refractivity contribution in [2.24, 2.45) is 4.99 Å². The summed E-state index contributed by atoms with van der Waals surface area (Å²) < 4.78 is 38.3. The van der Waals surface area contributed by atoms with Crippen LogP contribution in [0, 0.1) is 0 Å². The zero-order chi connectivity index (χ0) is 22.6. The van der Waals surface area contributed by atoms with E-state index < -0.39 is 21.0 Å². The quantitative estimate of drug-likeness (QED) is 0.510. The Kier molecular flexibility index (Phi) is 7.30. The minimum absolute atomic E-state index is 0.194. The van der Waals surface area contributed by atoms with Crippen LogP contribution in [0.25, 0.3) is 10.2 Å². The number of rotatable bonds is 8. The Hall–Kier alpha value is -2.49. The van der Waals surface area contributed by atoms with Crippen molar-refractivity contribution in [2.45, 2.75) is 37.5 Å². The number of hydrogen-bond donors (Lipinski definition) is 0. The molecule has 31 heavy (non-hydrogen) atoms. The molecule has 0 radical (unpaired) electrons. The number of fused-ring (bicyclic) bond motifs is 1. The van der Waals surface area contributed by atoms with E-state index in [1.54, 1.807) is 21.0 Å². The standard InChI is InChI=1S/C22H26N2O5S2/c1-5-29-17-8-11-19-20(14-17)30-22(24(19)12-13-28-4)23-21(25)16-6-9-18(10-7-16)31(26,27)15(2)3/h6-11,14-15H,5,12-13H2,1-4H3. The van der Waals surface area contributed by atoms with E-state index in [2.05, 4.69) is 4.99 Å². The molecule has 0 aliphatic rings. The van der Waals surface area contributed by atoms with Crippen LogP contribution in [0.2, 0.25) is 0 Å². The summed E-state index contributed by atoms with van der Waals surface area (Å²) in [4.78, 5) is 17.9. The first-order chi connectivity index (χ1) is 14.8. The fourth-order valence-electron chi connectivity index (χ4n) is 3.00. The molecule has 0 unspecified atom stereocenters. The first-order valence-corrected chi connectivity index (χ1v) is 12.3. The Morgan fingerprint density at radius 2 is 1.87 bits per heavy atom. The van der Waals surface area contributed by atoms with Crippen molar-refractivity contribution in [1.82, 2.24) is 4.57 Å². The van der Waals surface area contributed by atoms with Crippen molar-refractivity contribution in [3.63, 3.8) is 0 Å². The lowest BCUT2D eigenvalue weighted by atomic mass is 10.2. The third-order valence-electron chi connectivity index (χ3n) is 4.73. The molecular weight excluding hydrogens is 436 g/mol. The summed E-state index contributed by atoms with van der Waals surface area (Å²) in [5.41, 5.74) is 1.27. The molecule has 7 nitrogen and oxygen atoms in total. The smallest absolute Gasteiger partial charge is 0.279 e. The molecule has 3 rings (SSSR count). The van der Waals surface area contributed by atoms with E-state index >= 15 is 0 Å². The Bertz CT molecular complexity index is 1240. The van der Waals surface area contributed by atoms with E-state index in [4.69, 9.17) is 9.47 Å². The summed E-state index contributed by atoms with van der Waals surface area (Å²) in [5, 5.41) is -0.529. The Morgan fingerprint density at radius 3 is 2.48 bits per heavy atom. The van der Waals surface area contributed by atoms with E-state index in [0.717, 1.165) is 16.0 Å². The van der Waals surface area contributed by atoms with Gasteiger partial charge >= 0.3 is 0 Å². The number of carbonyl (C=O) groups excluding carboxylic acids is 1. The number of ether oxygens (including phenoxy) is 2. The molecule has 0 aliphatic carbocycles. The van der Waals surface area contributed by atoms with Crippen molar-refractivity contribution in [2.75, 3.05) is 20.3 Å². The van der Waals surface area contributed by atoms with Gasteiger partial charge in [-0.25, -0.2) is 8.42 Å². The number of aromatic nitrogens is 1. The highest BCUT2D eigenvalue weighted by Crippen LogP contribution is 2.24. The summed E-state index contributed by atoms with van der Waals surface area (Å²) in [6.07, 6.45) is 0. The first-order valence-electron chi connectivity index (χ1n) is 9.96. The van der Waals surface area contributed by atoms with Crippen molar-refractivity contribution in [3.8, 4) is 5.75 Å². The lowest BCUT2D eigenvalue weighted by Gasteiger charge is -2.07. The average Bonchev–Trinajstić information content (AvgIpc) is 3.08. The fraction of sp³-hybridized carbons (Fsp3) is 0.364. The van der Waals surface area contributed by atoms with E-state index in [9.17, 15) is 13.2 Å². The van der Waals surface area contributed by atoms with Crippen LogP contribution in [0.4, 0.5) is 0 Å². The zero-order valence-corrected chi connectivity index (χ0v) is 19.6. The van der Waals surface area contributed by atoms with Gasteiger partial charge in [-0.1, -0.05) is 11.3 Å². The molecule has 0 bridgehead atoms. The third-order valence-corrected chi connectivity index (χ3v) is 7.94. The molecule has 0 saturated carbocycles. The summed E-state index contributed by atoms with van der Waals surface area (Å²) in [7, 11) is -1.77. The topological polar surface area (TPSA) is 87.0 Å². The molecule has 1 aromatic heterocycles. The second kappa shape index (κ2) is 9.76. The monoisotopic (exact) mass is 462 g/mol. The van der Waals surface area contributed by atoms with E-state index in [1.807, 2.05) is 29.7 Å². The normalized spacial score (nSPS) is 12.6. The van der Waals surface area contributed by atoms with Gasteiger partial charge in [-0.3, -0.25) is 4.79 Å². The van der Waals surface area contributed by atoms with Gasteiger partial charge in [0.15, 0.2) is 14.6 Å². The summed E-state index contributed by atoms with van der Waals surface area (Å²) >= 11 is 1.39. The molecular formula is C22H26N2O5S2. The number of carbonyl (C=O) groups is 1. The number of amides is 1. The van der Waals surface area contributed by atoms with Crippen LogP contribution in [0.3, 0.4) is 0 Å². The van der Waals surface area contributed by atoms with Gasteiger partial charge in [-0.05, 0) is 63.2 Å². The molecule has 2 aromatic carbocycles. The predicted octanol–water partition coefficient (Wildman–Crippen LogP) is 3.67. The molecule has 0 spiro atoms. The van der Waals surface area contributed by atoms with Crippen molar-refractivity contribution < 1.29 is 22.7 Å². The third kappa shape index (κ3) is 5.06. The van der Waals surface area contributed by atoms with Crippen LogP contribution in [-0.2, 0) is 21.1 Å². The second-order valence-electron chi connectivity index (χ2n) is 7.13. The van der Waals surface area contributed by atoms with Crippen LogP contribution in [0.15, 0.2) is 52.4 Å². The van der Waals surface area contributed by atoms with E-state index in [1.165, 1.54) is 35.6 Å². The number of benzene rings is 2. The molecule has 1 amide bonds. The molecule has 9 heteroatoms. The van der Waals surface area contributed by atoms with Crippen LogP contribution in [0.5, 0.6) is 5.75 Å². The molecule has 0 saturated heterocycles. The minimum atomic E-state index is -3.39. The Labute approximate surface area is 185 Å². The van der Waals surface area contributed by atoms with Gasteiger partial charge in [0.05, 0.1) is 33.6 Å². The number of methoxy groups -OCH3 is 1. The lowest BCUT2D eigenvalue weighted by Crippen LogP contribution is -2.19. The first kappa shape index (κ1) is 23.2. The Morgan fingerprint density at radius 1 is 1.16 bits per heavy atom. The molecule has 1 heterocycles. The summed E-state index contributed by atoms with van der Waals surface area (Å²) in [5.74, 6) is 0.325. The molecule has 3 aromatic rings. The van der Waals surface area contributed by atoms with Gasteiger partial charge in [0.25, 0.3) is 5.91 Å². The van der Waals surface area contributed by atoms with Crippen LogP contribution in [0.1, 0.15) is 31.1 Å². The van der Waals surface area contributed by atoms with E-state index in [-0.39, 0.29) is 4.90 Å². The molecule has 0 atom stereocenters. The van der Waals surface area contributed by atoms with Crippen LogP contribution < -0.4 is 9.54 Å². The Balaban J connectivity index is 2.01. The number of hydrogen-bond acceptors (Lipinski definition) is 6. The molecule has 0 aliphatic heterocycles. The average molecular weight is 463 g/mol. The highest BCUT2D eigenvalue weighted by Gasteiger charge is 2.19. The van der Waals surface area contributed by atoms with E-state index in [0.29, 0.717) is 30.1 Å². The SMILES string of the molecule is CCOc1ccc2c(c1)sc(=NC(=O)c1ccc(S(=O)(=O)C(C)C)cc1)n2CCOC. The molecule has 0 fully saturated rings. The largest absolute Gasteiger partial charge is 0.494 e. The van der Waals surface area contributed by atoms with Gasteiger partial charge < -0.3 is 14.0 Å². The molecule has 0 N–H and O–H groups in total. The van der Waals surface area contributed by atoms with Gasteiger partial charge in [-0.2, -0.15) is 4.99 Å². The van der Waals surface area contributed by atoms with Crippen molar-refractivity contribution >= 4 is 37.3 Å². The highest BCUT2D eigenvalue weighted by molar-refractivity contribution is 7.92. The predicted molar refractivity (Wildman–Crippen MR) is 122 cm³/mol. The lowest BCUT2D eigenvalue weighted by molar-refractivity contribution is 0.0997. The molecule has 166 valence electrons. The van der Waals surface area contributed by atoms with Gasteiger partial charge in [0, 0.05) is 19.2 Å². The van der Waals surface area contributed by atoms with Crippen molar-refractivity contribution in [3.05, 3.63) is 52.8 Å². The van der Waals surface area contributed by atoms with Gasteiger partial charge in [0.2, 0.25) is 0 Å². The van der Waals surface area contributed by atoms with Gasteiger partial charge in [-0.15, -0.1) is 0 Å². The minimum Gasteiger partial charge on any atom is -0.494 e. The fourth-order valence-corrected chi connectivity index (χ4v) is 5.15. The summed E-state index contributed by atoms with van der Waals surface area (Å²) in [6, 6.07) is 11.7. The zero-order valence-electron chi connectivity index (χ0n) is 18.0. The number of sulfone groups is 1. The second-order valence-corrected chi connectivity index (χ2v) is 10.6. The number of nitrogens with zero attached hydrogens (tertiary/aromatic N) is 2. The highest BCUT2D eigenvalue weighted by atomic mass is 32.2. The van der Waals surface area contributed by atoms with Crippen LogP contribution in [-0.4, -0.2) is 44.5 Å². The summed E-state index contributed by atoms with van der Waals surface area (Å²) in [6.45, 7) is 6.76. The van der Waals surface area contributed by atoms with Crippen LogP contribution >= 0.6 is 11.3 Å². The van der Waals surface area contributed by atoms with Gasteiger partial charge in [0.1, 0.15) is 5.75 Å². The number of thiazole rings is 1. The maximum atomic E-state index is 12.8. The maximum absolute atomic E-state index is 12.8. The maximum Gasteiger partial charge on any atom is 0.279 e. The van der Waals surface area contributed by atoms with Crippen molar-refractivity contribution in [1.29, 1.82) is 0 Å².